The normalized spacial score (nSPS) is 11.1. The first-order valence-electron chi connectivity index (χ1n) is 9.01. The molecule has 0 unspecified atom stereocenters. The van der Waals surface area contributed by atoms with Crippen LogP contribution in [0.1, 0.15) is 16.7 Å². The van der Waals surface area contributed by atoms with Crippen LogP contribution in [0, 0.1) is 6.92 Å². The monoisotopic (exact) mass is 410 g/mol. The van der Waals surface area contributed by atoms with Crippen LogP contribution in [0.2, 0.25) is 0 Å². The Bertz CT molecular complexity index is 1110. The Morgan fingerprint density at radius 3 is 2.41 bits per heavy atom. The lowest BCUT2D eigenvalue weighted by Crippen LogP contribution is -2.21. The van der Waals surface area contributed by atoms with E-state index in [-0.39, 0.29) is 11.5 Å². The first-order chi connectivity index (χ1) is 13.8. The molecule has 3 aromatic rings. The number of nitrogens with one attached hydrogen (secondary N) is 1. The molecule has 0 radical (unpaired) electrons. The van der Waals surface area contributed by atoms with Gasteiger partial charge in [-0.25, -0.2) is 13.6 Å². The van der Waals surface area contributed by atoms with Crippen LogP contribution in [0.5, 0.6) is 5.75 Å². The fourth-order valence-corrected chi connectivity index (χ4v) is 3.74. The predicted molar refractivity (Wildman–Crippen MR) is 112 cm³/mol. The van der Waals surface area contributed by atoms with Crippen molar-refractivity contribution in [3.8, 4) is 5.75 Å². The van der Waals surface area contributed by atoms with Crippen molar-refractivity contribution in [2.45, 2.75) is 18.2 Å². The predicted octanol–water partition coefficient (Wildman–Crippen LogP) is 3.25. The number of nitrogens with two attached hydrogens (primary N) is 1. The van der Waals surface area contributed by atoms with Gasteiger partial charge in [0.2, 0.25) is 10.0 Å². The fourth-order valence-electron chi connectivity index (χ4n) is 2.93. The number of benzene rings is 3. The molecule has 0 heterocycles. The van der Waals surface area contributed by atoms with Gasteiger partial charge < -0.3 is 10.1 Å². The minimum atomic E-state index is -3.86. The molecule has 0 atom stereocenters. The molecule has 3 aromatic carbocycles. The number of rotatable bonds is 7. The summed E-state index contributed by atoms with van der Waals surface area (Å²) in [4.78, 5) is 12.3. The van der Waals surface area contributed by atoms with E-state index in [4.69, 9.17) is 9.88 Å². The number of sulfonamides is 1. The van der Waals surface area contributed by atoms with Gasteiger partial charge >= 0.3 is 0 Å². The average molecular weight is 410 g/mol. The van der Waals surface area contributed by atoms with E-state index in [1.165, 1.54) is 6.07 Å². The third kappa shape index (κ3) is 5.66. The molecule has 0 saturated heterocycles. The lowest BCUT2D eigenvalue weighted by atomic mass is 10.0. The number of carbonyl (C=O) groups excluding carboxylic acids is 1. The highest BCUT2D eigenvalue weighted by Crippen LogP contribution is 2.22. The number of carbonyl (C=O) groups is 1. The molecule has 0 bridgehead atoms. The number of amides is 1. The van der Waals surface area contributed by atoms with Gasteiger partial charge in [-0.1, -0.05) is 54.6 Å². The Hall–Kier alpha value is -3.16. The zero-order valence-corrected chi connectivity index (χ0v) is 16.8. The molecule has 0 aliphatic carbocycles. The highest BCUT2D eigenvalue weighted by atomic mass is 32.2. The molecule has 3 N–H and O–H groups in total. The Morgan fingerprint density at radius 1 is 1.00 bits per heavy atom. The van der Waals surface area contributed by atoms with Crippen LogP contribution in [0.4, 0.5) is 5.69 Å². The summed E-state index contributed by atoms with van der Waals surface area (Å²) in [6.45, 7) is 1.43. The molecule has 0 aliphatic heterocycles. The number of anilines is 1. The molecule has 150 valence electrons. The van der Waals surface area contributed by atoms with Gasteiger partial charge in [-0.3, -0.25) is 4.79 Å². The molecule has 7 heteroatoms. The zero-order chi connectivity index (χ0) is 20.9. The van der Waals surface area contributed by atoms with Crippen molar-refractivity contribution in [1.29, 1.82) is 0 Å². The molecule has 0 fully saturated rings. The maximum absolute atomic E-state index is 12.3. The lowest BCUT2D eigenvalue weighted by molar-refractivity contribution is -0.118. The average Bonchev–Trinajstić information content (AvgIpc) is 2.69. The smallest absolute Gasteiger partial charge is 0.262 e. The van der Waals surface area contributed by atoms with Gasteiger partial charge in [0.05, 0.1) is 4.90 Å². The highest BCUT2D eigenvalue weighted by molar-refractivity contribution is 7.89. The van der Waals surface area contributed by atoms with Crippen molar-refractivity contribution < 1.29 is 17.9 Å². The third-order valence-electron chi connectivity index (χ3n) is 4.35. The van der Waals surface area contributed by atoms with Crippen molar-refractivity contribution in [3.63, 3.8) is 0 Å². The number of hydrogen-bond donors (Lipinski definition) is 2. The van der Waals surface area contributed by atoms with E-state index in [2.05, 4.69) is 5.32 Å². The summed E-state index contributed by atoms with van der Waals surface area (Å²) in [6.07, 6.45) is 0.689. The molecule has 0 aromatic heterocycles. The maximum atomic E-state index is 12.3. The fraction of sp³-hybridized carbons (Fsp3) is 0.136. The number of para-hydroxylation sites is 1. The Labute approximate surface area is 170 Å². The minimum Gasteiger partial charge on any atom is -0.483 e. The van der Waals surface area contributed by atoms with Crippen molar-refractivity contribution in [2.75, 3.05) is 11.9 Å². The summed E-state index contributed by atoms with van der Waals surface area (Å²) < 4.78 is 29.0. The Morgan fingerprint density at radius 2 is 1.69 bits per heavy atom. The second kappa shape index (κ2) is 8.89. The quantitative estimate of drug-likeness (QED) is 0.625. The van der Waals surface area contributed by atoms with E-state index in [1.807, 2.05) is 54.6 Å². The molecule has 0 aliphatic rings. The van der Waals surface area contributed by atoms with Crippen LogP contribution in [0.3, 0.4) is 0 Å². The van der Waals surface area contributed by atoms with Gasteiger partial charge in [-0.2, -0.15) is 0 Å². The van der Waals surface area contributed by atoms with Crippen LogP contribution < -0.4 is 15.2 Å². The second-order valence-corrected chi connectivity index (χ2v) is 8.16. The number of aryl methyl sites for hydroxylation is 1. The summed E-state index contributed by atoms with van der Waals surface area (Å²) in [5, 5.41) is 7.84. The molecule has 1 amide bonds. The van der Waals surface area contributed by atoms with Crippen LogP contribution in [-0.2, 0) is 21.2 Å². The molecule has 3 rings (SSSR count). The van der Waals surface area contributed by atoms with Gasteiger partial charge in [0.25, 0.3) is 5.91 Å². The van der Waals surface area contributed by atoms with Gasteiger partial charge in [-0.05, 0) is 41.8 Å². The van der Waals surface area contributed by atoms with Crippen LogP contribution >= 0.6 is 0 Å². The summed E-state index contributed by atoms with van der Waals surface area (Å²) in [7, 11) is -3.86. The topological polar surface area (TPSA) is 98.5 Å². The Kier molecular flexibility index (Phi) is 6.31. The van der Waals surface area contributed by atoms with Gasteiger partial charge in [0, 0.05) is 12.1 Å². The van der Waals surface area contributed by atoms with E-state index < -0.39 is 15.9 Å². The van der Waals surface area contributed by atoms with Crippen molar-refractivity contribution in [3.05, 3.63) is 89.5 Å². The molecular formula is C22H22N2O4S. The maximum Gasteiger partial charge on any atom is 0.262 e. The number of ether oxygens (including phenoxy) is 1. The number of primary sulfonamides is 1. The zero-order valence-electron chi connectivity index (χ0n) is 16.0. The first-order valence-corrected chi connectivity index (χ1v) is 10.6. The summed E-state index contributed by atoms with van der Waals surface area (Å²) in [5.74, 6) is 0.226. The van der Waals surface area contributed by atoms with E-state index in [9.17, 15) is 13.2 Å². The van der Waals surface area contributed by atoms with E-state index in [0.29, 0.717) is 23.4 Å². The van der Waals surface area contributed by atoms with Crippen molar-refractivity contribution in [1.82, 2.24) is 0 Å². The van der Waals surface area contributed by atoms with Crippen molar-refractivity contribution >= 4 is 21.6 Å². The van der Waals surface area contributed by atoms with Crippen molar-refractivity contribution in [2.24, 2.45) is 5.14 Å². The van der Waals surface area contributed by atoms with Gasteiger partial charge in [0.15, 0.2) is 6.61 Å². The summed E-state index contributed by atoms with van der Waals surface area (Å²) in [5.41, 5.74) is 2.96. The SMILES string of the molecule is Cc1ccc(NC(=O)COc2ccccc2Cc2ccccc2)cc1S(N)(=O)=O. The Balaban J connectivity index is 1.66. The van der Waals surface area contributed by atoms with E-state index in [0.717, 1.165) is 11.1 Å². The van der Waals surface area contributed by atoms with Crippen LogP contribution in [-0.4, -0.2) is 20.9 Å². The highest BCUT2D eigenvalue weighted by Gasteiger charge is 2.14. The summed E-state index contributed by atoms with van der Waals surface area (Å²) >= 11 is 0. The van der Waals surface area contributed by atoms with E-state index >= 15 is 0 Å². The molecular weight excluding hydrogens is 388 g/mol. The lowest BCUT2D eigenvalue weighted by Gasteiger charge is -2.12. The third-order valence-corrected chi connectivity index (χ3v) is 5.40. The van der Waals surface area contributed by atoms with E-state index in [1.54, 1.807) is 19.1 Å². The van der Waals surface area contributed by atoms with Gasteiger partial charge in [-0.15, -0.1) is 0 Å². The first kappa shape index (κ1) is 20.6. The molecule has 0 spiro atoms. The number of hydrogen-bond acceptors (Lipinski definition) is 4. The molecule has 6 nitrogen and oxygen atoms in total. The van der Waals surface area contributed by atoms with Crippen LogP contribution in [0.15, 0.2) is 77.7 Å². The standard InChI is InChI=1S/C22H22N2O4S/c1-16-11-12-19(14-21(16)29(23,26)27)24-22(25)15-28-20-10-6-5-9-18(20)13-17-7-3-2-4-8-17/h2-12,14H,13,15H2,1H3,(H,24,25)(H2,23,26,27). The van der Waals surface area contributed by atoms with Crippen LogP contribution in [0.25, 0.3) is 0 Å². The molecule has 29 heavy (non-hydrogen) atoms. The largest absolute Gasteiger partial charge is 0.483 e. The second-order valence-electron chi connectivity index (χ2n) is 6.63. The summed E-state index contributed by atoms with van der Waals surface area (Å²) in [6, 6.07) is 22.1. The van der Waals surface area contributed by atoms with Gasteiger partial charge in [0.1, 0.15) is 5.75 Å². The minimum absolute atomic E-state index is 0.0237. The molecule has 0 saturated carbocycles.